The molecule has 0 aliphatic carbocycles. The summed E-state index contributed by atoms with van der Waals surface area (Å²) in [6.45, 7) is 3.55. The molecule has 0 atom stereocenters. The Labute approximate surface area is 200 Å². The van der Waals surface area contributed by atoms with Crippen LogP contribution in [0.25, 0.3) is 11.3 Å². The molecule has 2 aromatic carbocycles. The van der Waals surface area contributed by atoms with Crippen LogP contribution in [0.3, 0.4) is 0 Å². The number of rotatable bonds is 8. The van der Waals surface area contributed by atoms with E-state index in [-0.39, 0.29) is 30.8 Å². The Morgan fingerprint density at radius 2 is 1.86 bits per heavy atom. The Kier molecular flexibility index (Phi) is 7.02. The highest BCUT2D eigenvalue weighted by Gasteiger charge is 2.33. The minimum atomic E-state index is -4.38. The molecule has 0 unspecified atom stereocenters. The van der Waals surface area contributed by atoms with Crippen molar-refractivity contribution in [2.24, 2.45) is 0 Å². The van der Waals surface area contributed by atoms with Gasteiger partial charge in [-0.15, -0.1) is 5.10 Å². The lowest BCUT2D eigenvalue weighted by atomic mass is 9.90. The highest BCUT2D eigenvalue weighted by Crippen LogP contribution is 2.33. The molecule has 0 bridgehead atoms. The molecule has 1 aliphatic rings. The Hall–Kier alpha value is -3.53. The number of carbonyl (C=O) groups is 1. The van der Waals surface area contributed by atoms with Crippen LogP contribution >= 0.6 is 0 Å². The van der Waals surface area contributed by atoms with Crippen molar-refractivity contribution in [1.82, 2.24) is 15.1 Å². The van der Waals surface area contributed by atoms with E-state index in [1.54, 1.807) is 23.1 Å². The van der Waals surface area contributed by atoms with Crippen LogP contribution in [0, 0.1) is 13.8 Å². The molecule has 0 spiro atoms. The summed E-state index contributed by atoms with van der Waals surface area (Å²) in [7, 11) is 0. The molecule has 2 heterocycles. The summed E-state index contributed by atoms with van der Waals surface area (Å²) in [4.78, 5) is 14.8. The van der Waals surface area contributed by atoms with E-state index in [2.05, 4.69) is 10.2 Å². The standard InChI is InChI=1S/C25H26F3N3O4/c1-15-3-4-18(11-21(15)22-16(2)23(30-29-22)34-10-9-32)24(33)31-12-19(13-31)17-5-7-20(8-6-17)35-14-25(26,27)28/h3-8,11,19,32H,9-10,12-14H2,1-2H3,(H,29,30). The van der Waals surface area contributed by atoms with Crippen LogP contribution in [-0.4, -0.2) is 65.2 Å². The number of hydrogen-bond donors (Lipinski definition) is 2. The third kappa shape index (κ3) is 5.59. The second-order valence-corrected chi connectivity index (χ2v) is 8.51. The number of amides is 1. The summed E-state index contributed by atoms with van der Waals surface area (Å²) in [5.41, 5.74) is 4.84. The van der Waals surface area contributed by atoms with Crippen LogP contribution in [0.4, 0.5) is 13.2 Å². The zero-order valence-electron chi connectivity index (χ0n) is 19.4. The van der Waals surface area contributed by atoms with E-state index in [0.717, 1.165) is 27.9 Å². The highest BCUT2D eigenvalue weighted by atomic mass is 19.4. The number of halogens is 3. The van der Waals surface area contributed by atoms with Gasteiger partial charge in [0.25, 0.3) is 5.91 Å². The van der Waals surface area contributed by atoms with Gasteiger partial charge in [0.05, 0.1) is 12.3 Å². The summed E-state index contributed by atoms with van der Waals surface area (Å²) < 4.78 is 47.1. The predicted molar refractivity (Wildman–Crippen MR) is 123 cm³/mol. The molecule has 1 fully saturated rings. The second kappa shape index (κ2) is 9.99. The van der Waals surface area contributed by atoms with Crippen molar-refractivity contribution in [1.29, 1.82) is 0 Å². The van der Waals surface area contributed by atoms with Crippen molar-refractivity contribution in [2.75, 3.05) is 32.9 Å². The number of ether oxygens (including phenoxy) is 2. The van der Waals surface area contributed by atoms with Gasteiger partial charge >= 0.3 is 6.18 Å². The van der Waals surface area contributed by atoms with E-state index < -0.39 is 12.8 Å². The number of benzene rings is 2. The molecule has 1 aromatic heterocycles. The highest BCUT2D eigenvalue weighted by molar-refractivity contribution is 5.96. The number of H-pyrrole nitrogens is 1. The molecule has 35 heavy (non-hydrogen) atoms. The molecule has 7 nitrogen and oxygen atoms in total. The third-order valence-electron chi connectivity index (χ3n) is 5.97. The van der Waals surface area contributed by atoms with Gasteiger partial charge in [-0.1, -0.05) is 18.2 Å². The fraction of sp³-hybridized carbons (Fsp3) is 0.360. The maximum Gasteiger partial charge on any atom is 0.422 e. The smallest absolute Gasteiger partial charge is 0.422 e. The number of hydrogen-bond acceptors (Lipinski definition) is 5. The SMILES string of the molecule is Cc1ccc(C(=O)N2CC(c3ccc(OCC(F)(F)F)cc3)C2)cc1-c1[nH]nc(OCCO)c1C. The average Bonchev–Trinajstić information content (AvgIpc) is 3.15. The number of nitrogens with zero attached hydrogens (tertiary/aromatic N) is 2. The van der Waals surface area contributed by atoms with Crippen molar-refractivity contribution < 1.29 is 32.5 Å². The van der Waals surface area contributed by atoms with Crippen LogP contribution in [0.15, 0.2) is 42.5 Å². The topological polar surface area (TPSA) is 87.7 Å². The first kappa shape index (κ1) is 24.6. The van der Waals surface area contributed by atoms with E-state index >= 15 is 0 Å². The predicted octanol–water partition coefficient (Wildman–Crippen LogP) is 4.25. The summed E-state index contributed by atoms with van der Waals surface area (Å²) in [6.07, 6.45) is -4.38. The van der Waals surface area contributed by atoms with Crippen molar-refractivity contribution >= 4 is 5.91 Å². The van der Waals surface area contributed by atoms with Crippen molar-refractivity contribution in [2.45, 2.75) is 25.9 Å². The van der Waals surface area contributed by atoms with Gasteiger partial charge in [-0.2, -0.15) is 13.2 Å². The molecule has 1 amide bonds. The first-order valence-corrected chi connectivity index (χ1v) is 11.1. The normalized spacial score (nSPS) is 14.1. The maximum absolute atomic E-state index is 13.1. The summed E-state index contributed by atoms with van der Waals surface area (Å²) in [5.74, 6) is 0.582. The molecular weight excluding hydrogens is 463 g/mol. The zero-order chi connectivity index (χ0) is 25.2. The lowest BCUT2D eigenvalue weighted by molar-refractivity contribution is -0.153. The van der Waals surface area contributed by atoms with Gasteiger partial charge < -0.3 is 19.5 Å². The third-order valence-corrected chi connectivity index (χ3v) is 5.97. The number of aliphatic hydroxyl groups is 1. The van der Waals surface area contributed by atoms with Crippen molar-refractivity contribution in [3.05, 3.63) is 64.7 Å². The van der Waals surface area contributed by atoms with Crippen LogP contribution < -0.4 is 9.47 Å². The van der Waals surface area contributed by atoms with Crippen LogP contribution in [0.1, 0.15) is 33.0 Å². The summed E-state index contributed by atoms with van der Waals surface area (Å²) in [6, 6.07) is 12.0. The number of likely N-dealkylation sites (tertiary alicyclic amines) is 1. The number of aromatic nitrogens is 2. The average molecular weight is 489 g/mol. The Morgan fingerprint density at radius 1 is 1.14 bits per heavy atom. The fourth-order valence-corrected chi connectivity index (χ4v) is 3.99. The molecular formula is C25H26F3N3O4. The molecule has 186 valence electrons. The molecule has 1 aliphatic heterocycles. The number of carbonyl (C=O) groups excluding carboxylic acids is 1. The molecule has 3 aromatic rings. The lowest BCUT2D eigenvalue weighted by Gasteiger charge is -2.39. The van der Waals surface area contributed by atoms with Gasteiger partial charge in [0.1, 0.15) is 12.4 Å². The Morgan fingerprint density at radius 3 is 2.51 bits per heavy atom. The van der Waals surface area contributed by atoms with Crippen LogP contribution in [0.2, 0.25) is 0 Å². The van der Waals surface area contributed by atoms with Crippen molar-refractivity contribution in [3.63, 3.8) is 0 Å². The van der Waals surface area contributed by atoms with E-state index in [9.17, 15) is 18.0 Å². The molecule has 10 heteroatoms. The fourth-order valence-electron chi connectivity index (χ4n) is 3.99. The Balaban J connectivity index is 1.40. The lowest BCUT2D eigenvalue weighted by Crippen LogP contribution is -2.48. The Bertz CT molecular complexity index is 1190. The molecule has 0 radical (unpaired) electrons. The number of aromatic amines is 1. The van der Waals surface area contributed by atoms with Gasteiger partial charge in [0.15, 0.2) is 6.61 Å². The zero-order valence-corrected chi connectivity index (χ0v) is 19.4. The summed E-state index contributed by atoms with van der Waals surface area (Å²) in [5, 5.41) is 16.1. The van der Waals surface area contributed by atoms with Gasteiger partial charge in [0, 0.05) is 35.7 Å². The van der Waals surface area contributed by atoms with Gasteiger partial charge in [0.2, 0.25) is 5.88 Å². The molecule has 2 N–H and O–H groups in total. The molecule has 4 rings (SSSR count). The number of alkyl halides is 3. The van der Waals surface area contributed by atoms with Crippen LogP contribution in [0.5, 0.6) is 11.6 Å². The minimum Gasteiger partial charge on any atom is -0.484 e. The van der Waals surface area contributed by atoms with Crippen molar-refractivity contribution in [3.8, 4) is 22.9 Å². The maximum atomic E-state index is 13.1. The van der Waals surface area contributed by atoms with Gasteiger partial charge in [-0.05, 0) is 49.2 Å². The van der Waals surface area contributed by atoms with E-state index in [1.165, 1.54) is 12.1 Å². The summed E-state index contributed by atoms with van der Waals surface area (Å²) >= 11 is 0. The molecule has 0 saturated carbocycles. The number of nitrogens with one attached hydrogen (secondary N) is 1. The number of aliphatic hydroxyl groups excluding tert-OH is 1. The van der Waals surface area contributed by atoms with Crippen LogP contribution in [-0.2, 0) is 0 Å². The first-order chi connectivity index (χ1) is 16.7. The minimum absolute atomic E-state index is 0.0958. The van der Waals surface area contributed by atoms with Gasteiger partial charge in [-0.25, -0.2) is 0 Å². The molecule has 1 saturated heterocycles. The van der Waals surface area contributed by atoms with E-state index in [1.807, 2.05) is 26.0 Å². The first-order valence-electron chi connectivity index (χ1n) is 11.1. The quantitative estimate of drug-likeness (QED) is 0.494. The van der Waals surface area contributed by atoms with E-state index in [0.29, 0.717) is 24.5 Å². The second-order valence-electron chi connectivity index (χ2n) is 8.51. The number of aryl methyl sites for hydroxylation is 1. The van der Waals surface area contributed by atoms with E-state index in [4.69, 9.17) is 14.6 Å². The largest absolute Gasteiger partial charge is 0.484 e. The monoisotopic (exact) mass is 489 g/mol. The van der Waals surface area contributed by atoms with Gasteiger partial charge in [-0.3, -0.25) is 9.89 Å².